The maximum atomic E-state index is 12.3. The van der Waals surface area contributed by atoms with E-state index < -0.39 is 10.9 Å². The summed E-state index contributed by atoms with van der Waals surface area (Å²) in [4.78, 5) is 36.7. The Labute approximate surface area is 142 Å². The minimum absolute atomic E-state index is 0.0125. The normalized spacial score (nSPS) is 20.9. The molecule has 1 saturated heterocycles. The molecule has 1 amide bonds. The molecular weight excluding hydrogens is 332 g/mol. The molecule has 2 heterocycles. The number of nitro benzene ring substituents is 1. The highest BCUT2D eigenvalue weighted by Gasteiger charge is 2.51. The highest BCUT2D eigenvalue weighted by atomic mass is 32.2. The van der Waals surface area contributed by atoms with Gasteiger partial charge in [0.25, 0.3) is 11.6 Å². The van der Waals surface area contributed by atoms with Gasteiger partial charge in [0.15, 0.2) is 0 Å². The first kappa shape index (κ1) is 16.3. The molecule has 7 nitrogen and oxygen atoms in total. The number of hydrogen-bond donors (Lipinski definition) is 0. The first-order valence-electron chi connectivity index (χ1n) is 7.21. The largest absolute Gasteiger partial charge is 0.456 e. The number of amides is 1. The molecule has 1 fully saturated rings. The van der Waals surface area contributed by atoms with E-state index in [-0.39, 0.29) is 29.3 Å². The minimum Gasteiger partial charge on any atom is -0.456 e. The molecule has 1 atom stereocenters. The standard InChI is InChI=1S/C16H14N2O5S/c1-3-12-14(19)17-13(9(2)24-15(12)17)16(20)23-8-10-4-6-11(7-5-10)18(21)22/h3-7,15H,8H2,1-2H3/t15-/m0/s1. The lowest BCUT2D eigenvalue weighted by Gasteiger charge is -2.37. The monoisotopic (exact) mass is 346 g/mol. The molecule has 0 spiro atoms. The van der Waals surface area contributed by atoms with Gasteiger partial charge in [-0.1, -0.05) is 17.8 Å². The van der Waals surface area contributed by atoms with Crippen molar-refractivity contribution in [3.63, 3.8) is 0 Å². The van der Waals surface area contributed by atoms with E-state index in [1.807, 2.05) is 0 Å². The van der Waals surface area contributed by atoms with Gasteiger partial charge in [0, 0.05) is 22.6 Å². The molecule has 1 aromatic rings. The summed E-state index contributed by atoms with van der Waals surface area (Å²) in [7, 11) is 0. The summed E-state index contributed by atoms with van der Waals surface area (Å²) in [5, 5.41) is 10.5. The van der Waals surface area contributed by atoms with Gasteiger partial charge in [0.1, 0.15) is 17.7 Å². The molecular formula is C16H14N2O5S. The van der Waals surface area contributed by atoms with Crippen LogP contribution in [0.1, 0.15) is 19.4 Å². The van der Waals surface area contributed by atoms with Crippen LogP contribution in [-0.2, 0) is 20.9 Å². The fourth-order valence-corrected chi connectivity index (χ4v) is 3.89. The van der Waals surface area contributed by atoms with E-state index in [0.29, 0.717) is 11.1 Å². The Kier molecular flexibility index (Phi) is 4.15. The quantitative estimate of drug-likeness (QED) is 0.274. The number of non-ortho nitro benzene ring substituents is 1. The van der Waals surface area contributed by atoms with E-state index in [2.05, 4.69) is 0 Å². The second kappa shape index (κ2) is 6.12. The highest BCUT2D eigenvalue weighted by Crippen LogP contribution is 2.48. The van der Waals surface area contributed by atoms with Crippen molar-refractivity contribution in [1.29, 1.82) is 0 Å². The van der Waals surface area contributed by atoms with Crippen molar-refractivity contribution >= 4 is 29.3 Å². The summed E-state index contributed by atoms with van der Waals surface area (Å²) in [6.07, 6.45) is 1.76. The number of esters is 1. The van der Waals surface area contributed by atoms with Crippen LogP contribution in [0.3, 0.4) is 0 Å². The van der Waals surface area contributed by atoms with Crippen LogP contribution in [0.25, 0.3) is 0 Å². The second-order valence-corrected chi connectivity index (χ2v) is 6.59. The highest BCUT2D eigenvalue weighted by molar-refractivity contribution is 8.04. The van der Waals surface area contributed by atoms with E-state index in [0.717, 1.165) is 4.91 Å². The molecule has 0 unspecified atom stereocenters. The van der Waals surface area contributed by atoms with E-state index in [1.54, 1.807) is 19.9 Å². The molecule has 0 N–H and O–H groups in total. The molecule has 0 aromatic heterocycles. The topological polar surface area (TPSA) is 89.8 Å². The van der Waals surface area contributed by atoms with E-state index in [4.69, 9.17) is 4.74 Å². The van der Waals surface area contributed by atoms with Crippen molar-refractivity contribution in [3.8, 4) is 0 Å². The van der Waals surface area contributed by atoms with Crippen LogP contribution in [0.15, 0.2) is 46.5 Å². The summed E-state index contributed by atoms with van der Waals surface area (Å²) in [6.45, 7) is 3.57. The van der Waals surface area contributed by atoms with Gasteiger partial charge in [-0.05, 0) is 31.5 Å². The molecule has 1 aromatic carbocycles. The number of benzene rings is 1. The molecule has 2 aliphatic heterocycles. The summed E-state index contributed by atoms with van der Waals surface area (Å²) >= 11 is 1.46. The fourth-order valence-electron chi connectivity index (χ4n) is 2.59. The Bertz CT molecular complexity index is 797. The van der Waals surface area contributed by atoms with Gasteiger partial charge in [-0.2, -0.15) is 0 Å². The number of nitrogens with zero attached hydrogens (tertiary/aromatic N) is 2. The fraction of sp³-hybridized carbons (Fsp3) is 0.250. The van der Waals surface area contributed by atoms with E-state index in [1.165, 1.54) is 40.9 Å². The van der Waals surface area contributed by atoms with Gasteiger partial charge in [-0.3, -0.25) is 19.8 Å². The predicted octanol–water partition coefficient (Wildman–Crippen LogP) is 2.73. The van der Waals surface area contributed by atoms with E-state index >= 15 is 0 Å². The van der Waals surface area contributed by atoms with Crippen molar-refractivity contribution in [2.75, 3.05) is 0 Å². The van der Waals surface area contributed by atoms with Crippen molar-refractivity contribution in [1.82, 2.24) is 4.90 Å². The Morgan fingerprint density at radius 2 is 2.08 bits per heavy atom. The summed E-state index contributed by atoms with van der Waals surface area (Å²) in [5.74, 6) is -0.738. The lowest BCUT2D eigenvalue weighted by Crippen LogP contribution is -2.51. The number of hydrogen-bond acceptors (Lipinski definition) is 6. The summed E-state index contributed by atoms with van der Waals surface area (Å²) < 4.78 is 5.26. The number of carbonyl (C=O) groups is 2. The molecule has 0 aliphatic carbocycles. The molecule has 124 valence electrons. The summed E-state index contributed by atoms with van der Waals surface area (Å²) in [5.41, 5.74) is 1.59. The molecule has 24 heavy (non-hydrogen) atoms. The molecule has 2 aliphatic rings. The number of ether oxygens (including phenoxy) is 1. The first-order chi connectivity index (χ1) is 11.4. The molecule has 0 radical (unpaired) electrons. The van der Waals surface area contributed by atoms with Crippen LogP contribution in [-0.4, -0.2) is 27.1 Å². The molecule has 8 heteroatoms. The van der Waals surface area contributed by atoms with Crippen molar-refractivity contribution in [2.45, 2.75) is 25.8 Å². The van der Waals surface area contributed by atoms with Crippen molar-refractivity contribution in [2.24, 2.45) is 0 Å². The number of carbonyl (C=O) groups excluding carboxylic acids is 2. The lowest BCUT2D eigenvalue weighted by atomic mass is 10.1. The Morgan fingerprint density at radius 3 is 2.67 bits per heavy atom. The number of nitro groups is 1. The smallest absolute Gasteiger partial charge is 0.356 e. The number of β-lactam (4-membered cyclic amide) rings is 1. The maximum Gasteiger partial charge on any atom is 0.356 e. The van der Waals surface area contributed by atoms with Crippen molar-refractivity contribution in [3.05, 3.63) is 62.2 Å². The van der Waals surface area contributed by atoms with Crippen molar-refractivity contribution < 1.29 is 19.2 Å². The number of allylic oxidation sites excluding steroid dienone is 2. The third-order valence-corrected chi connectivity index (χ3v) is 5.09. The van der Waals surface area contributed by atoms with Crippen LogP contribution < -0.4 is 0 Å². The Balaban J connectivity index is 1.66. The van der Waals surface area contributed by atoms with Gasteiger partial charge in [0.05, 0.1) is 4.92 Å². The molecule has 0 saturated carbocycles. The molecule has 3 rings (SSSR count). The predicted molar refractivity (Wildman–Crippen MR) is 87.6 cm³/mol. The zero-order valence-corrected chi connectivity index (χ0v) is 13.8. The second-order valence-electron chi connectivity index (χ2n) is 5.29. The average molecular weight is 346 g/mol. The lowest BCUT2D eigenvalue weighted by molar-refractivity contribution is -0.384. The van der Waals surface area contributed by atoms with Gasteiger partial charge in [-0.15, -0.1) is 0 Å². The van der Waals surface area contributed by atoms with E-state index in [9.17, 15) is 19.7 Å². The Hall–Kier alpha value is -2.61. The van der Waals surface area contributed by atoms with Crippen LogP contribution in [0.5, 0.6) is 0 Å². The molecule has 0 bridgehead atoms. The van der Waals surface area contributed by atoms with Crippen LogP contribution in [0.4, 0.5) is 5.69 Å². The number of rotatable bonds is 4. The third kappa shape index (κ3) is 2.58. The zero-order valence-electron chi connectivity index (χ0n) is 13.0. The maximum absolute atomic E-state index is 12.3. The first-order valence-corrected chi connectivity index (χ1v) is 8.09. The van der Waals surface area contributed by atoms with Crippen LogP contribution in [0.2, 0.25) is 0 Å². The summed E-state index contributed by atoms with van der Waals surface area (Å²) in [6, 6.07) is 5.77. The van der Waals surface area contributed by atoms with Gasteiger partial charge in [0.2, 0.25) is 0 Å². The Morgan fingerprint density at radius 1 is 1.42 bits per heavy atom. The third-order valence-electron chi connectivity index (χ3n) is 3.85. The van der Waals surface area contributed by atoms with Gasteiger partial charge in [-0.25, -0.2) is 4.79 Å². The zero-order chi connectivity index (χ0) is 17.4. The average Bonchev–Trinajstić information content (AvgIpc) is 2.86. The number of thioether (sulfide) groups is 1. The number of fused-ring (bicyclic) bond motifs is 1. The van der Waals surface area contributed by atoms with Crippen LogP contribution in [0, 0.1) is 10.1 Å². The van der Waals surface area contributed by atoms with Crippen LogP contribution >= 0.6 is 11.8 Å². The van der Waals surface area contributed by atoms with Gasteiger partial charge < -0.3 is 4.74 Å². The SMILES string of the molecule is CC=C1C(=O)N2C(C(=O)OCc3ccc([N+](=O)[O-])cc3)=C(C)S[C@@H]12. The minimum atomic E-state index is -0.565. The van der Waals surface area contributed by atoms with Gasteiger partial charge >= 0.3 is 5.97 Å².